The van der Waals surface area contributed by atoms with Crippen LogP contribution in [0.2, 0.25) is 0 Å². The van der Waals surface area contributed by atoms with Crippen molar-refractivity contribution < 1.29 is 49.0 Å². The van der Waals surface area contributed by atoms with Crippen molar-refractivity contribution >= 4 is 3.21 Å². The van der Waals surface area contributed by atoms with Gasteiger partial charge < -0.3 is 24.8 Å². The summed E-state index contributed by atoms with van der Waals surface area (Å²) in [6.07, 6.45) is 16.0. The van der Waals surface area contributed by atoms with Crippen LogP contribution in [0.4, 0.5) is 0 Å². The molecule has 3 aliphatic rings. The van der Waals surface area contributed by atoms with Gasteiger partial charge in [0, 0.05) is 0 Å². The molecule has 6 rings (SSSR count). The van der Waals surface area contributed by atoms with Gasteiger partial charge in [0.1, 0.15) is 0 Å². The third-order valence-corrected chi connectivity index (χ3v) is 13.0. The van der Waals surface area contributed by atoms with Crippen molar-refractivity contribution in [3.05, 3.63) is 89.0 Å². The van der Waals surface area contributed by atoms with E-state index in [1.807, 2.05) is 33.5 Å². The zero-order valence-corrected chi connectivity index (χ0v) is 34.1. The van der Waals surface area contributed by atoms with Crippen molar-refractivity contribution in [2.75, 3.05) is 0 Å². The molecule has 3 heteroatoms. The summed E-state index contributed by atoms with van der Waals surface area (Å²) in [5.41, 5.74) is 8.70. The van der Waals surface area contributed by atoms with Gasteiger partial charge in [-0.3, -0.25) is 0 Å². The summed E-state index contributed by atoms with van der Waals surface area (Å²) < 4.78 is 1.92. The second-order valence-corrected chi connectivity index (χ2v) is 17.5. The van der Waals surface area contributed by atoms with E-state index in [2.05, 4.69) is 91.8 Å². The van der Waals surface area contributed by atoms with Gasteiger partial charge in [0.2, 0.25) is 0 Å². The van der Waals surface area contributed by atoms with Crippen molar-refractivity contribution in [2.24, 2.45) is 23.7 Å². The normalized spacial score (nSPS) is 17.8. The molecule has 0 N–H and O–H groups in total. The van der Waals surface area contributed by atoms with Crippen LogP contribution in [-0.4, -0.2) is 3.21 Å². The number of benzene rings is 2. The van der Waals surface area contributed by atoms with E-state index in [0.717, 1.165) is 30.1 Å². The minimum Gasteiger partial charge on any atom is -1.00 e. The summed E-state index contributed by atoms with van der Waals surface area (Å²) in [6.45, 7) is 18.7. The molecule has 3 aliphatic carbocycles. The summed E-state index contributed by atoms with van der Waals surface area (Å²) in [5.74, 6) is 3.89. The molecular formula is C43H60Cl2Zr-2. The number of rotatable bonds is 4. The van der Waals surface area contributed by atoms with E-state index in [4.69, 9.17) is 0 Å². The van der Waals surface area contributed by atoms with Crippen molar-refractivity contribution in [3.63, 3.8) is 0 Å². The summed E-state index contributed by atoms with van der Waals surface area (Å²) in [6, 6.07) is 25.2. The maximum Gasteiger partial charge on any atom is -0.172 e. The first-order chi connectivity index (χ1) is 20.9. The van der Waals surface area contributed by atoms with Gasteiger partial charge in [-0.25, -0.2) is 12.1 Å². The fraction of sp³-hybridized carbons (Fsp3) is 0.581. The molecule has 0 nitrogen and oxygen atoms in total. The van der Waals surface area contributed by atoms with Gasteiger partial charge in [0.15, 0.2) is 0 Å². The molecule has 0 heterocycles. The van der Waals surface area contributed by atoms with Gasteiger partial charge in [0.05, 0.1) is 0 Å². The SMILES string of the molecule is CC(C)(C)c1[c-]c2c(cc1)-c1ccc(C(C)(C)C)cc1C2.CC([C](=[Zr+2])C(C)C1CCCCC1)C1CCCCC1.[Cl-].[Cl-].c1cc[cH-]c1. The topological polar surface area (TPSA) is 0 Å². The van der Waals surface area contributed by atoms with Gasteiger partial charge in [-0.2, -0.15) is 42.0 Å². The zero-order valence-electron chi connectivity index (χ0n) is 30.1. The molecular weight excluding hydrogens is 679 g/mol. The molecule has 46 heavy (non-hydrogen) atoms. The van der Waals surface area contributed by atoms with Crippen molar-refractivity contribution in [2.45, 2.75) is 137 Å². The second kappa shape index (κ2) is 18.8. The van der Waals surface area contributed by atoms with Crippen LogP contribution in [0.15, 0.2) is 60.7 Å². The van der Waals surface area contributed by atoms with Crippen LogP contribution in [0.3, 0.4) is 0 Å². The summed E-state index contributed by atoms with van der Waals surface area (Å²) in [4.78, 5) is 0. The number of fused-ring (bicyclic) bond motifs is 3. The predicted octanol–water partition coefficient (Wildman–Crippen LogP) is 6.20. The molecule has 0 radical (unpaired) electrons. The molecule has 0 bridgehead atoms. The Balaban J connectivity index is 0.000000270. The third kappa shape index (κ3) is 11.3. The van der Waals surface area contributed by atoms with Crippen LogP contribution in [-0.2, 0) is 41.5 Å². The Morgan fingerprint density at radius 3 is 1.65 bits per heavy atom. The molecule has 0 spiro atoms. The minimum absolute atomic E-state index is 0. The maximum absolute atomic E-state index is 3.67. The molecule has 252 valence electrons. The van der Waals surface area contributed by atoms with Gasteiger partial charge in [-0.05, 0) is 28.4 Å². The Hall–Kier alpha value is -0.877. The fourth-order valence-corrected chi connectivity index (χ4v) is 8.70. The van der Waals surface area contributed by atoms with Gasteiger partial charge in [0.25, 0.3) is 0 Å². The molecule has 0 aromatic heterocycles. The number of hydrogen-bond donors (Lipinski definition) is 0. The molecule has 3 aromatic carbocycles. The van der Waals surface area contributed by atoms with Crippen molar-refractivity contribution in [1.29, 1.82) is 0 Å². The molecule has 0 aliphatic heterocycles. The van der Waals surface area contributed by atoms with Crippen LogP contribution in [0, 0.1) is 29.7 Å². The van der Waals surface area contributed by atoms with Crippen LogP contribution in [0.1, 0.15) is 142 Å². The fourth-order valence-electron chi connectivity index (χ4n) is 7.54. The maximum atomic E-state index is 3.67. The Bertz CT molecular complexity index is 1210. The Kier molecular flexibility index (Phi) is 16.8. The molecule has 0 amide bonds. The van der Waals surface area contributed by atoms with Crippen LogP contribution < -0.4 is 24.8 Å². The average molecular weight is 739 g/mol. The number of hydrogen-bond acceptors (Lipinski definition) is 0. The minimum atomic E-state index is 0. The summed E-state index contributed by atoms with van der Waals surface area (Å²) in [5, 5.41) is 0. The van der Waals surface area contributed by atoms with Gasteiger partial charge in [-0.1, -0.05) is 65.3 Å². The monoisotopic (exact) mass is 736 g/mol. The van der Waals surface area contributed by atoms with E-state index >= 15 is 0 Å². The van der Waals surface area contributed by atoms with E-state index in [1.54, 1.807) is 24.2 Å². The van der Waals surface area contributed by atoms with E-state index in [9.17, 15) is 0 Å². The van der Waals surface area contributed by atoms with E-state index in [-0.39, 0.29) is 35.6 Å². The average Bonchev–Trinajstić information content (AvgIpc) is 3.72. The van der Waals surface area contributed by atoms with Crippen molar-refractivity contribution in [1.82, 2.24) is 0 Å². The van der Waals surface area contributed by atoms with Crippen LogP contribution >= 0.6 is 0 Å². The summed E-state index contributed by atoms with van der Waals surface area (Å²) >= 11 is 1.74. The first-order valence-electron chi connectivity index (χ1n) is 17.8. The van der Waals surface area contributed by atoms with Gasteiger partial charge >= 0.3 is 129 Å². The summed E-state index contributed by atoms with van der Waals surface area (Å²) in [7, 11) is 0. The molecule has 2 unspecified atom stereocenters. The molecule has 2 atom stereocenters. The molecule has 3 aromatic rings. The zero-order chi connectivity index (χ0) is 31.9. The largest absolute Gasteiger partial charge is 1.00 e. The molecule has 2 fully saturated rings. The van der Waals surface area contributed by atoms with E-state index < -0.39 is 0 Å². The quantitative estimate of drug-likeness (QED) is 0.219. The Morgan fingerprint density at radius 1 is 0.717 bits per heavy atom. The smallest absolute Gasteiger partial charge is 0.172 e. The third-order valence-electron chi connectivity index (χ3n) is 10.7. The van der Waals surface area contributed by atoms with E-state index in [0.29, 0.717) is 0 Å². The van der Waals surface area contributed by atoms with Crippen LogP contribution in [0.25, 0.3) is 11.1 Å². The first kappa shape index (κ1) is 41.3. The second-order valence-electron chi connectivity index (χ2n) is 16.1. The Morgan fingerprint density at radius 2 is 1.22 bits per heavy atom. The Labute approximate surface area is 310 Å². The number of halogens is 2. The van der Waals surface area contributed by atoms with E-state index in [1.165, 1.54) is 97.6 Å². The standard InChI is InChI=1S/C21H25.C17H30.C5H5.2ClH.Zr/c1-20(2,3)16-7-9-18-14(12-16)11-15-13-17(21(4,5)6)8-10-19(15)18;1-14(16-9-5-3-6-10-16)13-15(2)17-11-7-4-8-12-17;1-2-4-5-3-1;;;/h7-10,12H,11H2,1-6H3;14-17H,3-12H2,1-2H3;1-5H;2*1H;/q-1;;-1;;;+2/p-2. The van der Waals surface area contributed by atoms with Gasteiger partial charge in [-0.15, -0.1) is 11.1 Å². The first-order valence-corrected chi connectivity index (χ1v) is 19.0. The molecule has 2 saturated carbocycles. The van der Waals surface area contributed by atoms with Crippen molar-refractivity contribution in [3.8, 4) is 11.1 Å². The predicted molar refractivity (Wildman–Crippen MR) is 189 cm³/mol. The molecule has 0 saturated heterocycles. The van der Waals surface area contributed by atoms with Crippen LogP contribution in [0.5, 0.6) is 0 Å².